The highest BCUT2D eigenvalue weighted by Gasteiger charge is 2.48. The van der Waals surface area contributed by atoms with E-state index in [0.29, 0.717) is 24.9 Å². The number of carbonyl (C=O) groups excluding carboxylic acids is 2. The van der Waals surface area contributed by atoms with Gasteiger partial charge >= 0.3 is 5.97 Å². The van der Waals surface area contributed by atoms with E-state index in [2.05, 4.69) is 18.3 Å². The van der Waals surface area contributed by atoms with E-state index in [1.807, 2.05) is 0 Å². The molecule has 0 bridgehead atoms. The van der Waals surface area contributed by atoms with Gasteiger partial charge in [-0.25, -0.2) is 0 Å². The molecule has 3 aliphatic rings. The van der Waals surface area contributed by atoms with Crippen LogP contribution in [0.25, 0.3) is 0 Å². The van der Waals surface area contributed by atoms with Crippen LogP contribution in [0.3, 0.4) is 0 Å². The molecule has 1 heterocycles. The highest BCUT2D eigenvalue weighted by atomic mass is 16.5. The fourth-order valence-electron chi connectivity index (χ4n) is 4.96. The third-order valence-electron chi connectivity index (χ3n) is 5.94. The third-order valence-corrected chi connectivity index (χ3v) is 5.94. The maximum Gasteiger partial charge on any atom is 0.302 e. The number of rotatable bonds is 4. The summed E-state index contributed by atoms with van der Waals surface area (Å²) in [6, 6.07) is 1.97. The molecular formula is C18H27N3O3. The van der Waals surface area contributed by atoms with Gasteiger partial charge in [-0.3, -0.25) is 9.59 Å². The standard InChI is InChI=1S/C18H27N3O3/c1-12(22)24-16-6-13-8-18(2,9-14(13)7-16)20-11-17(23)21-5-3-4-15(21)10-19/h13-16,20H,3-9,11H2,1-2H3. The van der Waals surface area contributed by atoms with Crippen LogP contribution in [0.5, 0.6) is 0 Å². The van der Waals surface area contributed by atoms with Crippen LogP contribution in [0.15, 0.2) is 0 Å². The highest BCUT2D eigenvalue weighted by molar-refractivity contribution is 5.79. The molecule has 3 unspecified atom stereocenters. The molecule has 1 saturated heterocycles. The maximum absolute atomic E-state index is 12.4. The number of likely N-dealkylation sites (tertiary alicyclic amines) is 1. The summed E-state index contributed by atoms with van der Waals surface area (Å²) in [6.07, 6.45) is 5.71. The molecule has 3 fully saturated rings. The van der Waals surface area contributed by atoms with Crippen molar-refractivity contribution in [3.63, 3.8) is 0 Å². The molecule has 2 aliphatic carbocycles. The lowest BCUT2D eigenvalue weighted by Crippen LogP contribution is -2.48. The SMILES string of the molecule is CC(=O)OC1CC2CC(C)(NCC(=O)N3CCCC3C#N)CC2C1. The van der Waals surface area contributed by atoms with Gasteiger partial charge in [-0.1, -0.05) is 0 Å². The number of carbonyl (C=O) groups is 2. The van der Waals surface area contributed by atoms with Crippen molar-refractivity contribution in [3.8, 4) is 6.07 Å². The molecule has 24 heavy (non-hydrogen) atoms. The van der Waals surface area contributed by atoms with Crippen LogP contribution in [-0.2, 0) is 14.3 Å². The maximum atomic E-state index is 12.4. The number of amides is 1. The van der Waals surface area contributed by atoms with E-state index in [1.165, 1.54) is 6.92 Å². The van der Waals surface area contributed by atoms with Crippen LogP contribution in [-0.4, -0.2) is 47.6 Å². The molecule has 6 heteroatoms. The zero-order valence-electron chi connectivity index (χ0n) is 14.6. The first-order valence-electron chi connectivity index (χ1n) is 9.01. The fraction of sp³-hybridized carbons (Fsp3) is 0.833. The van der Waals surface area contributed by atoms with Crippen molar-refractivity contribution in [3.05, 3.63) is 0 Å². The van der Waals surface area contributed by atoms with Crippen LogP contribution in [0.4, 0.5) is 0 Å². The summed E-state index contributed by atoms with van der Waals surface area (Å²) >= 11 is 0. The van der Waals surface area contributed by atoms with Gasteiger partial charge in [0.05, 0.1) is 12.6 Å². The van der Waals surface area contributed by atoms with Crippen molar-refractivity contribution in [2.75, 3.05) is 13.1 Å². The Balaban J connectivity index is 1.48. The number of nitriles is 1. The quantitative estimate of drug-likeness (QED) is 0.790. The first kappa shape index (κ1) is 17.2. The van der Waals surface area contributed by atoms with E-state index in [0.717, 1.165) is 38.5 Å². The van der Waals surface area contributed by atoms with Gasteiger partial charge in [-0.2, -0.15) is 5.26 Å². The largest absolute Gasteiger partial charge is 0.463 e. The Morgan fingerprint density at radius 2 is 2.00 bits per heavy atom. The molecule has 0 aromatic rings. The van der Waals surface area contributed by atoms with Gasteiger partial charge in [0, 0.05) is 19.0 Å². The van der Waals surface area contributed by atoms with Gasteiger partial charge in [0.25, 0.3) is 0 Å². The number of nitrogens with one attached hydrogen (secondary N) is 1. The second kappa shape index (κ2) is 6.72. The van der Waals surface area contributed by atoms with E-state index >= 15 is 0 Å². The summed E-state index contributed by atoms with van der Waals surface area (Å²) in [5.74, 6) is 0.987. The van der Waals surface area contributed by atoms with E-state index < -0.39 is 0 Å². The first-order valence-corrected chi connectivity index (χ1v) is 9.01. The average molecular weight is 333 g/mol. The van der Waals surface area contributed by atoms with Crippen LogP contribution in [0.2, 0.25) is 0 Å². The normalized spacial score (nSPS) is 38.0. The van der Waals surface area contributed by atoms with Crippen molar-refractivity contribution >= 4 is 11.9 Å². The Hall–Kier alpha value is -1.61. The fourth-order valence-corrected chi connectivity index (χ4v) is 4.96. The molecular weight excluding hydrogens is 306 g/mol. The van der Waals surface area contributed by atoms with Crippen LogP contribution < -0.4 is 5.32 Å². The number of esters is 1. The molecule has 3 atom stereocenters. The van der Waals surface area contributed by atoms with E-state index in [-0.39, 0.29) is 29.6 Å². The molecule has 1 amide bonds. The molecule has 6 nitrogen and oxygen atoms in total. The van der Waals surface area contributed by atoms with Crippen LogP contribution in [0, 0.1) is 23.2 Å². The number of ether oxygens (including phenoxy) is 1. The summed E-state index contributed by atoms with van der Waals surface area (Å²) in [6.45, 7) is 4.66. The van der Waals surface area contributed by atoms with Crippen LogP contribution in [0.1, 0.15) is 52.4 Å². The van der Waals surface area contributed by atoms with Gasteiger partial charge in [0.15, 0.2) is 0 Å². The predicted molar refractivity (Wildman–Crippen MR) is 87.8 cm³/mol. The minimum Gasteiger partial charge on any atom is -0.463 e. The number of fused-ring (bicyclic) bond motifs is 1. The van der Waals surface area contributed by atoms with Crippen molar-refractivity contribution in [1.82, 2.24) is 10.2 Å². The number of hydrogen-bond acceptors (Lipinski definition) is 5. The number of hydrogen-bond donors (Lipinski definition) is 1. The Kier molecular flexibility index (Phi) is 4.82. The summed E-state index contributed by atoms with van der Waals surface area (Å²) in [5, 5.41) is 12.6. The van der Waals surface area contributed by atoms with Gasteiger partial charge in [0.2, 0.25) is 5.91 Å². The summed E-state index contributed by atoms with van der Waals surface area (Å²) in [4.78, 5) is 25.2. The molecule has 1 N–H and O–H groups in total. The first-order chi connectivity index (χ1) is 11.4. The van der Waals surface area contributed by atoms with Gasteiger partial charge < -0.3 is 15.0 Å². The lowest BCUT2D eigenvalue weighted by atomic mass is 9.95. The molecule has 3 rings (SSSR count). The molecule has 0 aromatic carbocycles. The van der Waals surface area contributed by atoms with Crippen molar-refractivity contribution in [1.29, 1.82) is 5.26 Å². The minimum atomic E-state index is -0.250. The van der Waals surface area contributed by atoms with Crippen molar-refractivity contribution < 1.29 is 14.3 Å². The third kappa shape index (κ3) is 3.56. The minimum absolute atomic E-state index is 0.0337. The molecule has 0 aromatic heterocycles. The van der Waals surface area contributed by atoms with Crippen LogP contribution >= 0.6 is 0 Å². The topological polar surface area (TPSA) is 82.4 Å². The second-order valence-electron chi connectivity index (χ2n) is 7.92. The zero-order chi connectivity index (χ0) is 17.3. The van der Waals surface area contributed by atoms with Crippen molar-refractivity contribution in [2.24, 2.45) is 11.8 Å². The predicted octanol–water partition coefficient (Wildman–Crippen LogP) is 1.60. The molecule has 0 radical (unpaired) electrons. The van der Waals surface area contributed by atoms with Gasteiger partial charge in [0.1, 0.15) is 12.1 Å². The van der Waals surface area contributed by atoms with E-state index in [1.54, 1.807) is 4.90 Å². The van der Waals surface area contributed by atoms with E-state index in [4.69, 9.17) is 10.00 Å². The lowest BCUT2D eigenvalue weighted by molar-refractivity contribution is -0.146. The molecule has 1 aliphatic heterocycles. The van der Waals surface area contributed by atoms with Gasteiger partial charge in [-0.05, 0) is 57.3 Å². The summed E-state index contributed by atoms with van der Waals surface area (Å²) < 4.78 is 5.35. The Labute approximate surface area is 143 Å². The Morgan fingerprint density at radius 3 is 2.58 bits per heavy atom. The molecule has 0 spiro atoms. The van der Waals surface area contributed by atoms with E-state index in [9.17, 15) is 9.59 Å². The molecule has 2 saturated carbocycles. The van der Waals surface area contributed by atoms with Gasteiger partial charge in [-0.15, -0.1) is 0 Å². The second-order valence-corrected chi connectivity index (χ2v) is 7.92. The molecule has 132 valence electrons. The Bertz CT molecular complexity index is 542. The Morgan fingerprint density at radius 1 is 1.33 bits per heavy atom. The average Bonchev–Trinajstić information content (AvgIpc) is 3.17. The monoisotopic (exact) mass is 333 g/mol. The summed E-state index contributed by atoms with van der Waals surface area (Å²) in [5.41, 5.74) is -0.0337. The lowest BCUT2D eigenvalue weighted by Gasteiger charge is -2.29. The zero-order valence-corrected chi connectivity index (χ0v) is 14.6. The number of nitrogens with zero attached hydrogens (tertiary/aromatic N) is 2. The van der Waals surface area contributed by atoms with Crippen molar-refractivity contribution in [2.45, 2.75) is 70.1 Å². The smallest absolute Gasteiger partial charge is 0.302 e. The summed E-state index contributed by atoms with van der Waals surface area (Å²) in [7, 11) is 0. The highest BCUT2D eigenvalue weighted by Crippen LogP contribution is 2.49.